The summed E-state index contributed by atoms with van der Waals surface area (Å²) in [7, 11) is 0. The molecule has 1 aromatic rings. The van der Waals surface area contributed by atoms with Crippen LogP contribution in [0.15, 0.2) is 24.3 Å². The molecule has 0 spiro atoms. The number of carbonyl (C=O) groups is 1. The summed E-state index contributed by atoms with van der Waals surface area (Å²) in [5, 5.41) is -0.299. The van der Waals surface area contributed by atoms with Crippen molar-refractivity contribution in [3.63, 3.8) is 0 Å². The van der Waals surface area contributed by atoms with Gasteiger partial charge in [-0.25, -0.2) is 0 Å². The summed E-state index contributed by atoms with van der Waals surface area (Å²) in [5.74, 6) is 0. The van der Waals surface area contributed by atoms with Crippen molar-refractivity contribution in [3.05, 3.63) is 35.4 Å². The SMILES string of the molecule is CC(C)(C)c1ccccc1C(N)C(=O)S. The van der Waals surface area contributed by atoms with E-state index in [1.807, 2.05) is 24.3 Å². The number of carbonyl (C=O) groups excluding carboxylic acids is 1. The molecule has 1 unspecified atom stereocenters. The van der Waals surface area contributed by atoms with Crippen molar-refractivity contribution >= 4 is 17.7 Å². The molecule has 1 aromatic carbocycles. The lowest BCUT2D eigenvalue weighted by Crippen LogP contribution is -2.23. The van der Waals surface area contributed by atoms with Gasteiger partial charge in [-0.2, -0.15) is 0 Å². The fourth-order valence-electron chi connectivity index (χ4n) is 1.58. The Morgan fingerprint density at radius 2 is 1.87 bits per heavy atom. The summed E-state index contributed by atoms with van der Waals surface area (Å²) >= 11 is 3.78. The summed E-state index contributed by atoms with van der Waals surface area (Å²) in [6.45, 7) is 6.30. The quantitative estimate of drug-likeness (QED) is 0.756. The topological polar surface area (TPSA) is 43.1 Å². The minimum Gasteiger partial charge on any atom is -0.317 e. The van der Waals surface area contributed by atoms with Gasteiger partial charge in [0, 0.05) is 0 Å². The van der Waals surface area contributed by atoms with Crippen LogP contribution in [-0.2, 0) is 10.2 Å². The third-order valence-electron chi connectivity index (χ3n) is 2.37. The first-order valence-corrected chi connectivity index (χ1v) is 5.36. The minimum atomic E-state index is -0.635. The van der Waals surface area contributed by atoms with E-state index in [4.69, 9.17) is 5.73 Å². The van der Waals surface area contributed by atoms with Gasteiger partial charge in [0.05, 0.1) is 6.04 Å². The van der Waals surface area contributed by atoms with Gasteiger partial charge in [0.25, 0.3) is 0 Å². The largest absolute Gasteiger partial charge is 0.317 e. The summed E-state index contributed by atoms with van der Waals surface area (Å²) < 4.78 is 0. The molecule has 2 nitrogen and oxygen atoms in total. The number of rotatable bonds is 2. The predicted octanol–water partition coefficient (Wildman–Crippen LogP) is 2.44. The van der Waals surface area contributed by atoms with E-state index in [-0.39, 0.29) is 10.5 Å². The summed E-state index contributed by atoms with van der Waals surface area (Å²) in [4.78, 5) is 11.2. The van der Waals surface area contributed by atoms with Gasteiger partial charge in [-0.1, -0.05) is 45.0 Å². The van der Waals surface area contributed by atoms with Crippen molar-refractivity contribution in [2.24, 2.45) is 5.73 Å². The molecule has 1 rings (SSSR count). The Labute approximate surface area is 96.3 Å². The minimum absolute atomic E-state index is 0.0164. The second kappa shape index (κ2) is 4.37. The first-order chi connectivity index (χ1) is 6.84. The average Bonchev–Trinajstić information content (AvgIpc) is 2.15. The molecule has 0 aromatic heterocycles. The van der Waals surface area contributed by atoms with Crippen LogP contribution in [0.4, 0.5) is 0 Å². The highest BCUT2D eigenvalue weighted by Crippen LogP contribution is 2.29. The fourth-order valence-corrected chi connectivity index (χ4v) is 1.72. The zero-order chi connectivity index (χ0) is 11.6. The maximum Gasteiger partial charge on any atom is 0.207 e. The van der Waals surface area contributed by atoms with E-state index in [1.165, 1.54) is 0 Å². The molecule has 0 aliphatic carbocycles. The Bertz CT molecular complexity index is 368. The van der Waals surface area contributed by atoms with Crippen molar-refractivity contribution in [3.8, 4) is 0 Å². The number of hydrogen-bond donors (Lipinski definition) is 2. The molecule has 0 amide bonds. The second-order valence-corrected chi connectivity index (χ2v) is 5.09. The van der Waals surface area contributed by atoms with Crippen molar-refractivity contribution < 1.29 is 4.79 Å². The van der Waals surface area contributed by atoms with Gasteiger partial charge >= 0.3 is 0 Å². The van der Waals surface area contributed by atoms with Gasteiger partial charge < -0.3 is 5.73 Å². The van der Waals surface area contributed by atoms with Gasteiger partial charge in [-0.3, -0.25) is 4.79 Å². The molecule has 0 bridgehead atoms. The lowest BCUT2D eigenvalue weighted by atomic mass is 9.82. The number of hydrogen-bond acceptors (Lipinski definition) is 2. The Balaban J connectivity index is 3.24. The maximum absolute atomic E-state index is 11.2. The van der Waals surface area contributed by atoms with E-state index in [0.29, 0.717) is 0 Å². The highest BCUT2D eigenvalue weighted by molar-refractivity contribution is 7.96. The zero-order valence-corrected chi connectivity index (χ0v) is 10.2. The van der Waals surface area contributed by atoms with Gasteiger partial charge in [-0.15, -0.1) is 12.6 Å². The molecule has 0 heterocycles. The molecule has 0 radical (unpaired) electrons. The van der Waals surface area contributed by atoms with Crippen LogP contribution in [-0.4, -0.2) is 5.12 Å². The second-order valence-electron chi connectivity index (χ2n) is 4.65. The third kappa shape index (κ3) is 2.83. The highest BCUT2D eigenvalue weighted by atomic mass is 32.1. The molecular formula is C12H17NOS. The van der Waals surface area contributed by atoms with Crippen molar-refractivity contribution in [2.75, 3.05) is 0 Å². The number of thiol groups is 1. The molecule has 0 aliphatic heterocycles. The van der Waals surface area contributed by atoms with Crippen LogP contribution in [0, 0.1) is 0 Å². The van der Waals surface area contributed by atoms with Gasteiger partial charge in [-0.05, 0) is 16.5 Å². The van der Waals surface area contributed by atoms with Crippen molar-refractivity contribution in [1.29, 1.82) is 0 Å². The molecule has 0 fully saturated rings. The molecule has 0 saturated heterocycles. The summed E-state index contributed by atoms with van der Waals surface area (Å²) in [6.07, 6.45) is 0. The van der Waals surface area contributed by atoms with Crippen molar-refractivity contribution in [1.82, 2.24) is 0 Å². The molecule has 0 aliphatic rings. The first kappa shape index (κ1) is 12.3. The standard InChI is InChI=1S/C12H17NOS/c1-12(2,3)9-7-5-4-6-8(9)10(13)11(14)15/h4-7,10H,13H2,1-3H3,(H,14,15). The molecule has 1 atom stereocenters. The number of benzene rings is 1. The average molecular weight is 223 g/mol. The summed E-state index contributed by atoms with van der Waals surface area (Å²) in [6, 6.07) is 7.11. The van der Waals surface area contributed by atoms with Crippen LogP contribution in [0.25, 0.3) is 0 Å². The van der Waals surface area contributed by atoms with Crippen LogP contribution in [0.3, 0.4) is 0 Å². The lowest BCUT2D eigenvalue weighted by Gasteiger charge is -2.24. The lowest BCUT2D eigenvalue weighted by molar-refractivity contribution is -0.112. The summed E-state index contributed by atoms with van der Waals surface area (Å²) in [5.41, 5.74) is 7.76. The Hall–Kier alpha value is -0.800. The van der Waals surface area contributed by atoms with Gasteiger partial charge in [0.15, 0.2) is 0 Å². The Morgan fingerprint density at radius 3 is 2.33 bits per heavy atom. The molecular weight excluding hydrogens is 206 g/mol. The molecule has 82 valence electrons. The van der Waals surface area contributed by atoms with E-state index in [2.05, 4.69) is 33.4 Å². The van der Waals surface area contributed by atoms with Crippen LogP contribution in [0.5, 0.6) is 0 Å². The molecule has 0 saturated carbocycles. The van der Waals surface area contributed by atoms with Crippen LogP contribution in [0.1, 0.15) is 37.9 Å². The van der Waals surface area contributed by atoms with Gasteiger partial charge in [0.1, 0.15) is 0 Å². The van der Waals surface area contributed by atoms with Crippen LogP contribution < -0.4 is 5.73 Å². The maximum atomic E-state index is 11.2. The van der Waals surface area contributed by atoms with Gasteiger partial charge in [0.2, 0.25) is 5.12 Å². The monoisotopic (exact) mass is 223 g/mol. The van der Waals surface area contributed by atoms with Crippen LogP contribution >= 0.6 is 12.6 Å². The fraction of sp³-hybridized carbons (Fsp3) is 0.417. The van der Waals surface area contributed by atoms with E-state index in [1.54, 1.807) is 0 Å². The Kier molecular flexibility index (Phi) is 3.58. The van der Waals surface area contributed by atoms with E-state index in [0.717, 1.165) is 11.1 Å². The normalized spacial score (nSPS) is 13.7. The first-order valence-electron chi connectivity index (χ1n) is 4.92. The smallest absolute Gasteiger partial charge is 0.207 e. The predicted molar refractivity (Wildman–Crippen MR) is 66.1 cm³/mol. The van der Waals surface area contributed by atoms with E-state index >= 15 is 0 Å². The van der Waals surface area contributed by atoms with Crippen LogP contribution in [0.2, 0.25) is 0 Å². The number of nitrogens with two attached hydrogens (primary N) is 1. The van der Waals surface area contributed by atoms with Crippen molar-refractivity contribution in [2.45, 2.75) is 32.2 Å². The molecule has 15 heavy (non-hydrogen) atoms. The van der Waals surface area contributed by atoms with E-state index < -0.39 is 6.04 Å². The van der Waals surface area contributed by atoms with E-state index in [9.17, 15) is 4.79 Å². The third-order valence-corrected chi connectivity index (χ3v) is 2.65. The molecule has 2 N–H and O–H groups in total. The zero-order valence-electron chi connectivity index (χ0n) is 9.32. The highest BCUT2D eigenvalue weighted by Gasteiger charge is 2.22. The molecule has 3 heteroatoms. The Morgan fingerprint density at radius 1 is 1.33 bits per heavy atom.